The van der Waals surface area contributed by atoms with Crippen LogP contribution in [0.4, 0.5) is 0 Å². The summed E-state index contributed by atoms with van der Waals surface area (Å²) in [5.41, 5.74) is 1.76. The van der Waals surface area contributed by atoms with Crippen LogP contribution < -0.4 is 5.32 Å². The van der Waals surface area contributed by atoms with E-state index in [1.807, 2.05) is 18.4 Å². The zero-order chi connectivity index (χ0) is 9.90. The largest absolute Gasteiger partial charge is 0.320 e. The lowest BCUT2D eigenvalue weighted by atomic mass is 9.86. The first kappa shape index (κ1) is 10.7. The zero-order valence-electron chi connectivity index (χ0n) is 8.98. The molecule has 13 heavy (non-hydrogen) atoms. The van der Waals surface area contributed by atoms with Gasteiger partial charge in [0.1, 0.15) is 0 Å². The number of aryl methyl sites for hydroxylation is 1. The quantitative estimate of drug-likeness (QED) is 0.782. The molecule has 0 bridgehead atoms. The van der Waals surface area contributed by atoms with Crippen molar-refractivity contribution in [1.82, 2.24) is 5.32 Å². The number of thiophene rings is 1. The summed E-state index contributed by atoms with van der Waals surface area (Å²) in [6.07, 6.45) is 1.20. The van der Waals surface area contributed by atoms with Crippen molar-refractivity contribution in [2.45, 2.75) is 32.6 Å². The van der Waals surface area contributed by atoms with Crippen molar-refractivity contribution >= 4 is 11.3 Å². The summed E-state index contributed by atoms with van der Waals surface area (Å²) < 4.78 is 0. The lowest BCUT2D eigenvalue weighted by Gasteiger charge is -2.24. The minimum atomic E-state index is 0.321. The van der Waals surface area contributed by atoms with Gasteiger partial charge in [-0.2, -0.15) is 0 Å². The van der Waals surface area contributed by atoms with Gasteiger partial charge in [-0.15, -0.1) is 11.3 Å². The van der Waals surface area contributed by atoms with Crippen molar-refractivity contribution in [3.8, 4) is 0 Å². The van der Waals surface area contributed by atoms with Gasteiger partial charge in [0, 0.05) is 10.3 Å². The van der Waals surface area contributed by atoms with Gasteiger partial charge in [-0.25, -0.2) is 0 Å². The molecule has 74 valence electrons. The maximum Gasteiger partial charge on any atom is 0.0131 e. The molecule has 0 aliphatic rings. The number of hydrogen-bond acceptors (Lipinski definition) is 2. The molecule has 0 fully saturated rings. The summed E-state index contributed by atoms with van der Waals surface area (Å²) in [4.78, 5) is 1.53. The zero-order valence-corrected chi connectivity index (χ0v) is 9.79. The van der Waals surface area contributed by atoms with E-state index in [9.17, 15) is 0 Å². The monoisotopic (exact) mass is 197 g/mol. The molecule has 0 radical (unpaired) electrons. The first-order valence-corrected chi connectivity index (χ1v) is 5.65. The predicted octanol–water partition coefficient (Wildman–Crippen LogP) is 2.94. The molecule has 1 heterocycles. The maximum atomic E-state index is 3.21. The molecule has 0 aliphatic carbocycles. The van der Waals surface area contributed by atoms with Crippen LogP contribution in [0.15, 0.2) is 11.4 Å². The molecule has 2 heteroatoms. The number of rotatable bonds is 4. The Hall–Kier alpha value is -0.340. The van der Waals surface area contributed by atoms with E-state index in [1.165, 1.54) is 16.9 Å². The van der Waals surface area contributed by atoms with Gasteiger partial charge < -0.3 is 5.32 Å². The van der Waals surface area contributed by atoms with Crippen LogP contribution in [0, 0.1) is 6.92 Å². The summed E-state index contributed by atoms with van der Waals surface area (Å²) in [5, 5.41) is 5.40. The molecular formula is C11H19NS. The fourth-order valence-corrected chi connectivity index (χ4v) is 2.70. The molecule has 1 aromatic heterocycles. The first-order chi connectivity index (χ1) is 6.08. The van der Waals surface area contributed by atoms with E-state index >= 15 is 0 Å². The highest BCUT2D eigenvalue weighted by Crippen LogP contribution is 2.33. The minimum absolute atomic E-state index is 0.321. The lowest BCUT2D eigenvalue weighted by molar-refractivity contribution is 0.475. The molecule has 0 atom stereocenters. The Bertz CT molecular complexity index is 263. The molecular weight excluding hydrogens is 178 g/mol. The Kier molecular flexibility index (Phi) is 3.51. The standard InChI is InChI=1S/C11H19NS/c1-9-5-8-13-10(9)11(2,3)6-7-12-4/h5,8,12H,6-7H2,1-4H3. The average molecular weight is 197 g/mol. The van der Waals surface area contributed by atoms with Crippen LogP contribution in [-0.4, -0.2) is 13.6 Å². The maximum absolute atomic E-state index is 3.21. The van der Waals surface area contributed by atoms with Crippen LogP contribution in [0.25, 0.3) is 0 Å². The van der Waals surface area contributed by atoms with Gasteiger partial charge in [0.15, 0.2) is 0 Å². The molecule has 1 nitrogen and oxygen atoms in total. The average Bonchev–Trinajstić information content (AvgIpc) is 2.48. The van der Waals surface area contributed by atoms with Gasteiger partial charge in [-0.3, -0.25) is 0 Å². The summed E-state index contributed by atoms with van der Waals surface area (Å²) >= 11 is 1.88. The molecule has 0 saturated carbocycles. The van der Waals surface area contributed by atoms with Gasteiger partial charge in [-0.1, -0.05) is 13.8 Å². The summed E-state index contributed by atoms with van der Waals surface area (Å²) in [7, 11) is 2.01. The van der Waals surface area contributed by atoms with E-state index in [2.05, 4.69) is 37.5 Å². The van der Waals surface area contributed by atoms with Crippen molar-refractivity contribution in [2.75, 3.05) is 13.6 Å². The lowest BCUT2D eigenvalue weighted by Crippen LogP contribution is -2.23. The molecule has 1 N–H and O–H groups in total. The molecule has 0 aliphatic heterocycles. The van der Waals surface area contributed by atoms with E-state index in [0.29, 0.717) is 5.41 Å². The SMILES string of the molecule is CNCCC(C)(C)c1sccc1C. The molecule has 0 aromatic carbocycles. The Morgan fingerprint density at radius 1 is 1.46 bits per heavy atom. The highest BCUT2D eigenvalue weighted by molar-refractivity contribution is 7.10. The van der Waals surface area contributed by atoms with Gasteiger partial charge in [0.25, 0.3) is 0 Å². The smallest absolute Gasteiger partial charge is 0.0131 e. The molecule has 1 aromatic rings. The first-order valence-electron chi connectivity index (χ1n) is 4.77. The second-order valence-electron chi connectivity index (χ2n) is 4.17. The van der Waals surface area contributed by atoms with Crippen molar-refractivity contribution in [1.29, 1.82) is 0 Å². The Morgan fingerprint density at radius 2 is 2.15 bits per heavy atom. The van der Waals surface area contributed by atoms with Gasteiger partial charge >= 0.3 is 0 Å². The second kappa shape index (κ2) is 4.25. The number of hydrogen-bond donors (Lipinski definition) is 1. The van der Waals surface area contributed by atoms with Crippen LogP contribution in [0.1, 0.15) is 30.7 Å². The van der Waals surface area contributed by atoms with Crippen LogP contribution in [0.2, 0.25) is 0 Å². The van der Waals surface area contributed by atoms with E-state index in [1.54, 1.807) is 0 Å². The molecule has 0 unspecified atom stereocenters. The Balaban J connectivity index is 2.74. The van der Waals surface area contributed by atoms with Crippen molar-refractivity contribution in [3.05, 3.63) is 21.9 Å². The summed E-state index contributed by atoms with van der Waals surface area (Å²) in [5.74, 6) is 0. The van der Waals surface area contributed by atoms with Crippen LogP contribution in [-0.2, 0) is 5.41 Å². The topological polar surface area (TPSA) is 12.0 Å². The van der Waals surface area contributed by atoms with Crippen molar-refractivity contribution in [3.63, 3.8) is 0 Å². The van der Waals surface area contributed by atoms with Crippen molar-refractivity contribution in [2.24, 2.45) is 0 Å². The van der Waals surface area contributed by atoms with E-state index < -0.39 is 0 Å². The van der Waals surface area contributed by atoms with E-state index in [4.69, 9.17) is 0 Å². The molecule has 0 amide bonds. The third-order valence-electron chi connectivity index (χ3n) is 2.48. The summed E-state index contributed by atoms with van der Waals surface area (Å²) in [6.45, 7) is 7.93. The van der Waals surface area contributed by atoms with Gasteiger partial charge in [0.2, 0.25) is 0 Å². The molecule has 0 saturated heterocycles. The van der Waals surface area contributed by atoms with Gasteiger partial charge in [0.05, 0.1) is 0 Å². The predicted molar refractivity (Wildman–Crippen MR) is 60.6 cm³/mol. The molecule has 1 rings (SSSR count). The van der Waals surface area contributed by atoms with E-state index in [-0.39, 0.29) is 0 Å². The van der Waals surface area contributed by atoms with Crippen LogP contribution in [0.3, 0.4) is 0 Å². The van der Waals surface area contributed by atoms with E-state index in [0.717, 1.165) is 6.54 Å². The third kappa shape index (κ3) is 2.55. The van der Waals surface area contributed by atoms with Crippen LogP contribution in [0.5, 0.6) is 0 Å². The summed E-state index contributed by atoms with van der Waals surface area (Å²) in [6, 6.07) is 2.21. The van der Waals surface area contributed by atoms with Crippen molar-refractivity contribution < 1.29 is 0 Å². The Labute approximate surface area is 85.2 Å². The number of nitrogens with one attached hydrogen (secondary N) is 1. The fraction of sp³-hybridized carbons (Fsp3) is 0.636. The normalized spacial score (nSPS) is 12.0. The second-order valence-corrected chi connectivity index (χ2v) is 5.09. The van der Waals surface area contributed by atoms with Crippen LogP contribution >= 0.6 is 11.3 Å². The highest BCUT2D eigenvalue weighted by Gasteiger charge is 2.22. The van der Waals surface area contributed by atoms with Gasteiger partial charge in [-0.05, 0) is 43.9 Å². The minimum Gasteiger partial charge on any atom is -0.320 e. The highest BCUT2D eigenvalue weighted by atomic mass is 32.1. The fourth-order valence-electron chi connectivity index (χ4n) is 1.62. The third-order valence-corrected chi connectivity index (χ3v) is 3.86. The molecule has 0 spiro atoms. The Morgan fingerprint density at radius 3 is 2.62 bits per heavy atom.